The Hall–Kier alpha value is -3.70. The van der Waals surface area contributed by atoms with Gasteiger partial charge in [0.05, 0.1) is 30.1 Å². The van der Waals surface area contributed by atoms with Crippen molar-refractivity contribution < 1.29 is 15.0 Å². The second-order valence-electron chi connectivity index (χ2n) is 6.23. The Morgan fingerprint density at radius 3 is 2.50 bits per heavy atom. The Labute approximate surface area is 160 Å². The van der Waals surface area contributed by atoms with Gasteiger partial charge in [-0.25, -0.2) is 0 Å². The molecule has 142 valence electrons. The minimum atomic E-state index is -0.692. The molecule has 0 bridgehead atoms. The molecule has 0 atom stereocenters. The van der Waals surface area contributed by atoms with E-state index in [1.807, 2.05) is 12.1 Å². The maximum atomic E-state index is 12.9. The van der Waals surface area contributed by atoms with Crippen molar-refractivity contribution in [3.63, 3.8) is 0 Å². The van der Waals surface area contributed by atoms with E-state index in [0.717, 1.165) is 4.57 Å². The molecule has 2 heterocycles. The van der Waals surface area contributed by atoms with Crippen molar-refractivity contribution in [2.75, 3.05) is 11.6 Å². The number of nitriles is 1. The van der Waals surface area contributed by atoms with Gasteiger partial charge in [-0.3, -0.25) is 14.2 Å². The van der Waals surface area contributed by atoms with E-state index in [0.29, 0.717) is 11.4 Å². The summed E-state index contributed by atoms with van der Waals surface area (Å²) in [7, 11) is 0. The molecule has 0 saturated carbocycles. The zero-order chi connectivity index (χ0) is 20.4. The largest absolute Gasteiger partial charge is 0.494 e. The van der Waals surface area contributed by atoms with E-state index in [2.05, 4.69) is 5.10 Å². The van der Waals surface area contributed by atoms with E-state index < -0.39 is 18.0 Å². The lowest BCUT2D eigenvalue weighted by atomic mass is 10.0. The molecular weight excluding hydrogens is 360 g/mol. The van der Waals surface area contributed by atoms with Gasteiger partial charge in [0.25, 0.3) is 11.5 Å². The molecule has 1 aliphatic heterocycles. The monoisotopic (exact) mass is 378 g/mol. The highest BCUT2D eigenvalue weighted by Crippen LogP contribution is 2.29. The third-order valence-corrected chi connectivity index (χ3v) is 4.52. The number of hydrogen-bond acceptors (Lipinski definition) is 6. The first kappa shape index (κ1) is 19.1. The molecule has 0 radical (unpaired) electrons. The number of hydrazone groups is 1. The van der Waals surface area contributed by atoms with Gasteiger partial charge in [-0.1, -0.05) is 18.2 Å². The van der Waals surface area contributed by atoms with Crippen LogP contribution in [-0.4, -0.2) is 33.0 Å². The highest BCUT2D eigenvalue weighted by atomic mass is 16.3. The number of rotatable bonds is 4. The summed E-state index contributed by atoms with van der Waals surface area (Å²) in [6, 6.07) is 10.7. The topological polar surface area (TPSA) is 119 Å². The molecule has 1 aromatic heterocycles. The molecule has 1 aromatic carbocycles. The molecule has 2 N–H and O–H groups in total. The zero-order valence-electron chi connectivity index (χ0n) is 15.4. The highest BCUT2D eigenvalue weighted by Gasteiger charge is 2.30. The minimum Gasteiger partial charge on any atom is -0.494 e. The first-order chi connectivity index (χ1) is 13.4. The van der Waals surface area contributed by atoms with Crippen molar-refractivity contribution in [3.05, 3.63) is 62.9 Å². The number of para-hydroxylation sites is 1. The van der Waals surface area contributed by atoms with Gasteiger partial charge in [0.1, 0.15) is 11.6 Å². The molecule has 0 saturated heterocycles. The van der Waals surface area contributed by atoms with Gasteiger partial charge in [-0.2, -0.15) is 15.4 Å². The molecule has 8 heteroatoms. The van der Waals surface area contributed by atoms with Crippen LogP contribution in [0.4, 0.5) is 5.69 Å². The number of aliphatic hydroxyl groups is 1. The number of aromatic hydroxyl groups is 1. The fourth-order valence-corrected chi connectivity index (χ4v) is 3.02. The zero-order valence-corrected chi connectivity index (χ0v) is 15.4. The van der Waals surface area contributed by atoms with Crippen LogP contribution >= 0.6 is 0 Å². The summed E-state index contributed by atoms with van der Waals surface area (Å²) < 4.78 is 0.915. The molecule has 3 rings (SSSR count). The highest BCUT2D eigenvalue weighted by molar-refractivity contribution is 6.32. The Morgan fingerprint density at radius 1 is 1.21 bits per heavy atom. The molecule has 0 aliphatic carbocycles. The Kier molecular flexibility index (Phi) is 5.11. The van der Waals surface area contributed by atoms with Gasteiger partial charge < -0.3 is 10.2 Å². The van der Waals surface area contributed by atoms with Crippen LogP contribution in [0, 0.1) is 18.3 Å². The maximum absolute atomic E-state index is 12.9. The van der Waals surface area contributed by atoms with Gasteiger partial charge in [0.2, 0.25) is 5.88 Å². The quantitative estimate of drug-likeness (QED) is 0.782. The van der Waals surface area contributed by atoms with Crippen LogP contribution in [0.25, 0.3) is 6.08 Å². The number of pyridine rings is 1. The molecular formula is C20H18N4O4. The molecule has 8 nitrogen and oxygen atoms in total. The van der Waals surface area contributed by atoms with Gasteiger partial charge in [0, 0.05) is 5.56 Å². The number of amides is 1. The lowest BCUT2D eigenvalue weighted by Gasteiger charge is -2.14. The van der Waals surface area contributed by atoms with Crippen LogP contribution in [0.5, 0.6) is 5.88 Å². The average molecular weight is 378 g/mol. The Bertz CT molecular complexity index is 1110. The second-order valence-corrected chi connectivity index (χ2v) is 6.23. The molecule has 2 aromatic rings. The molecule has 0 unspecified atom stereocenters. The number of carbonyl (C=O) groups excluding carboxylic acids is 1. The van der Waals surface area contributed by atoms with Crippen LogP contribution in [0.3, 0.4) is 0 Å². The smallest absolute Gasteiger partial charge is 0.280 e. The van der Waals surface area contributed by atoms with Crippen molar-refractivity contribution in [2.45, 2.75) is 20.4 Å². The molecule has 0 spiro atoms. The SMILES string of the molecule is CC1=NN(c2ccccc2)C(=O)/C1=C/c1c(C)c(C#N)c(=O)n(CCO)c1O. The van der Waals surface area contributed by atoms with E-state index >= 15 is 0 Å². The third kappa shape index (κ3) is 3.08. The summed E-state index contributed by atoms with van der Waals surface area (Å²) in [6.07, 6.45) is 1.42. The number of benzene rings is 1. The van der Waals surface area contributed by atoms with E-state index in [-0.39, 0.29) is 34.7 Å². The second kappa shape index (κ2) is 7.50. The maximum Gasteiger partial charge on any atom is 0.280 e. The van der Waals surface area contributed by atoms with Crippen molar-refractivity contribution in [1.82, 2.24) is 4.57 Å². The van der Waals surface area contributed by atoms with Crippen molar-refractivity contribution >= 4 is 23.4 Å². The van der Waals surface area contributed by atoms with Crippen molar-refractivity contribution in [3.8, 4) is 11.9 Å². The van der Waals surface area contributed by atoms with Crippen LogP contribution in [0.15, 0.2) is 45.8 Å². The lowest BCUT2D eigenvalue weighted by Crippen LogP contribution is -2.26. The van der Waals surface area contributed by atoms with Gasteiger partial charge in [-0.15, -0.1) is 0 Å². The fourth-order valence-electron chi connectivity index (χ4n) is 3.02. The predicted molar refractivity (Wildman–Crippen MR) is 104 cm³/mol. The lowest BCUT2D eigenvalue weighted by molar-refractivity contribution is -0.114. The van der Waals surface area contributed by atoms with Gasteiger partial charge in [0.15, 0.2) is 0 Å². The van der Waals surface area contributed by atoms with Crippen LogP contribution in [-0.2, 0) is 11.3 Å². The summed E-state index contributed by atoms with van der Waals surface area (Å²) >= 11 is 0. The molecule has 0 fully saturated rings. The number of aliphatic hydroxyl groups excluding tert-OH is 1. The Balaban J connectivity index is 2.16. The van der Waals surface area contributed by atoms with Crippen molar-refractivity contribution in [2.24, 2.45) is 5.10 Å². The summed E-state index contributed by atoms with van der Waals surface area (Å²) in [5, 5.41) is 34.6. The number of hydrogen-bond donors (Lipinski definition) is 2. The first-order valence-electron chi connectivity index (χ1n) is 8.54. The number of anilines is 1. The van der Waals surface area contributed by atoms with E-state index in [1.54, 1.807) is 31.2 Å². The summed E-state index contributed by atoms with van der Waals surface area (Å²) in [6.45, 7) is 2.62. The molecule has 1 amide bonds. The van der Waals surface area contributed by atoms with Crippen LogP contribution in [0.1, 0.15) is 23.6 Å². The van der Waals surface area contributed by atoms with Gasteiger partial charge in [-0.05, 0) is 37.6 Å². The van der Waals surface area contributed by atoms with Crippen molar-refractivity contribution in [1.29, 1.82) is 5.26 Å². The predicted octanol–water partition coefficient (Wildman–Crippen LogP) is 1.53. The van der Waals surface area contributed by atoms with Crippen LogP contribution in [0.2, 0.25) is 0 Å². The Morgan fingerprint density at radius 2 is 1.89 bits per heavy atom. The summed E-state index contributed by atoms with van der Waals surface area (Å²) in [5.74, 6) is -0.803. The number of aromatic nitrogens is 1. The first-order valence-corrected chi connectivity index (χ1v) is 8.54. The van der Waals surface area contributed by atoms with Gasteiger partial charge >= 0.3 is 0 Å². The van der Waals surface area contributed by atoms with E-state index in [4.69, 9.17) is 0 Å². The number of carbonyl (C=O) groups is 1. The third-order valence-electron chi connectivity index (χ3n) is 4.52. The number of nitrogens with zero attached hydrogens (tertiary/aromatic N) is 4. The minimum absolute atomic E-state index is 0.155. The normalized spacial score (nSPS) is 15.1. The van der Waals surface area contributed by atoms with E-state index in [1.165, 1.54) is 18.0 Å². The van der Waals surface area contributed by atoms with E-state index in [9.17, 15) is 25.1 Å². The summed E-state index contributed by atoms with van der Waals surface area (Å²) in [5.41, 5.74) is 0.842. The molecule has 1 aliphatic rings. The standard InChI is InChI=1S/C20H18N4O4/c1-12-15(18(26)23(8-9-25)19(27)17(12)11-21)10-16-13(2)22-24(20(16)28)14-6-4-3-5-7-14/h3-7,10,25-26H,8-9H2,1-2H3/b16-10+. The molecule has 28 heavy (non-hydrogen) atoms. The fraction of sp³-hybridized carbons (Fsp3) is 0.200. The summed E-state index contributed by atoms with van der Waals surface area (Å²) in [4.78, 5) is 25.2. The average Bonchev–Trinajstić information content (AvgIpc) is 2.97. The van der Waals surface area contributed by atoms with Crippen LogP contribution < -0.4 is 10.6 Å².